The molecule has 0 aromatic carbocycles. The minimum atomic E-state index is -2.01. The Kier molecular flexibility index (Phi) is 8.94. The molecular formula is C21H44N2O3SSi. The highest BCUT2D eigenvalue weighted by atomic mass is 32.2. The average molecular weight is 433 g/mol. The summed E-state index contributed by atoms with van der Waals surface area (Å²) < 4.78 is 12.5. The summed E-state index contributed by atoms with van der Waals surface area (Å²) in [5.74, 6) is 1.54. The maximum Gasteiger partial charge on any atom is 0.407 e. The Hall–Kier alpha value is -0.243. The van der Waals surface area contributed by atoms with Gasteiger partial charge in [-0.3, -0.25) is 4.90 Å². The second-order valence-electron chi connectivity index (χ2n) is 11.0. The van der Waals surface area contributed by atoms with Crippen LogP contribution in [0.5, 0.6) is 0 Å². The zero-order chi connectivity index (χ0) is 21.9. The van der Waals surface area contributed by atoms with Crippen molar-refractivity contribution in [3.05, 3.63) is 0 Å². The number of carbonyl (C=O) groups excluding carboxylic acids is 1. The zero-order valence-corrected chi connectivity index (χ0v) is 21.8. The highest BCUT2D eigenvalue weighted by Gasteiger charge is 2.45. The van der Waals surface area contributed by atoms with Crippen molar-refractivity contribution < 1.29 is 14.0 Å². The lowest BCUT2D eigenvalue weighted by Crippen LogP contribution is -2.58. The van der Waals surface area contributed by atoms with Crippen LogP contribution >= 0.6 is 11.8 Å². The Bertz CT molecular complexity index is 515. The number of amides is 1. The first-order valence-corrected chi connectivity index (χ1v) is 14.5. The Labute approximate surface area is 178 Å². The molecule has 1 fully saturated rings. The molecule has 0 saturated carbocycles. The van der Waals surface area contributed by atoms with Gasteiger partial charge < -0.3 is 14.5 Å². The molecule has 1 aliphatic heterocycles. The number of carbonyl (C=O) groups is 1. The normalized spacial score (nSPS) is 21.6. The highest BCUT2D eigenvalue weighted by molar-refractivity contribution is 8.00. The quantitative estimate of drug-likeness (QED) is 0.552. The molecule has 1 saturated heterocycles. The molecule has 1 N–H and O–H groups in total. The van der Waals surface area contributed by atoms with Crippen LogP contribution < -0.4 is 5.32 Å². The molecule has 1 heterocycles. The summed E-state index contributed by atoms with van der Waals surface area (Å²) >= 11 is 1.94. The van der Waals surface area contributed by atoms with Crippen molar-refractivity contribution in [2.24, 2.45) is 5.92 Å². The van der Waals surface area contributed by atoms with Gasteiger partial charge in [0.1, 0.15) is 5.60 Å². The van der Waals surface area contributed by atoms with Crippen molar-refractivity contribution in [1.82, 2.24) is 10.2 Å². The summed E-state index contributed by atoms with van der Waals surface area (Å²) in [5, 5.41) is 3.53. The Balaban J connectivity index is 3.17. The van der Waals surface area contributed by atoms with Crippen LogP contribution in [0.3, 0.4) is 0 Å². The van der Waals surface area contributed by atoms with E-state index in [1.54, 1.807) is 0 Å². The first kappa shape index (κ1) is 25.8. The molecule has 1 aliphatic rings. The van der Waals surface area contributed by atoms with Gasteiger partial charge in [-0.15, -0.1) is 11.8 Å². The second kappa shape index (κ2) is 9.71. The monoisotopic (exact) mass is 432 g/mol. The number of nitrogens with one attached hydrogen (secondary N) is 1. The summed E-state index contributed by atoms with van der Waals surface area (Å²) in [7, 11) is 0.150. The minimum absolute atomic E-state index is 0.0617. The molecular weight excluding hydrogens is 388 g/mol. The topological polar surface area (TPSA) is 50.8 Å². The van der Waals surface area contributed by atoms with Crippen LogP contribution in [0.4, 0.5) is 4.79 Å². The molecule has 3 atom stereocenters. The van der Waals surface area contributed by atoms with E-state index in [9.17, 15) is 4.79 Å². The number of rotatable bonds is 7. The zero-order valence-electron chi connectivity index (χ0n) is 20.0. The lowest BCUT2D eigenvalue weighted by molar-refractivity contribution is 0.0359. The maximum absolute atomic E-state index is 12.6. The summed E-state index contributed by atoms with van der Waals surface area (Å²) in [6, 6.07) is -0.0815. The predicted molar refractivity (Wildman–Crippen MR) is 124 cm³/mol. The number of alkyl carbamates (subject to hydrolysis) is 1. The van der Waals surface area contributed by atoms with E-state index in [4.69, 9.17) is 9.16 Å². The molecule has 0 bridgehead atoms. The molecule has 1 rings (SSSR count). The molecule has 0 spiro atoms. The van der Waals surface area contributed by atoms with Crippen LogP contribution in [-0.4, -0.2) is 61.8 Å². The van der Waals surface area contributed by atoms with E-state index in [-0.39, 0.29) is 28.7 Å². The van der Waals surface area contributed by atoms with Gasteiger partial charge in [-0.05, 0) is 58.3 Å². The van der Waals surface area contributed by atoms with Gasteiger partial charge >= 0.3 is 6.09 Å². The summed E-state index contributed by atoms with van der Waals surface area (Å²) in [6.07, 6.45) is 0.449. The third-order valence-electron chi connectivity index (χ3n) is 5.51. The molecule has 28 heavy (non-hydrogen) atoms. The first-order valence-electron chi connectivity index (χ1n) is 10.5. The van der Waals surface area contributed by atoms with Crippen molar-refractivity contribution in [2.45, 2.75) is 103 Å². The van der Waals surface area contributed by atoms with Gasteiger partial charge in [0.2, 0.25) is 0 Å². The van der Waals surface area contributed by atoms with Gasteiger partial charge in [0.05, 0.1) is 17.5 Å². The van der Waals surface area contributed by atoms with Crippen molar-refractivity contribution >= 4 is 26.2 Å². The number of ether oxygens (including phenoxy) is 1. The fourth-order valence-corrected chi connectivity index (χ4v) is 5.87. The lowest BCUT2D eigenvalue weighted by atomic mass is 9.98. The van der Waals surface area contributed by atoms with Crippen LogP contribution in [0.1, 0.15) is 61.8 Å². The number of likely N-dealkylation sites (N-methyl/N-ethyl adjacent to an activating group) is 1. The fourth-order valence-electron chi connectivity index (χ4n) is 3.02. The van der Waals surface area contributed by atoms with Gasteiger partial charge in [-0.1, -0.05) is 34.6 Å². The van der Waals surface area contributed by atoms with Crippen LogP contribution in [0.15, 0.2) is 0 Å². The first-order chi connectivity index (χ1) is 12.5. The minimum Gasteiger partial charge on any atom is -0.444 e. The maximum atomic E-state index is 12.6. The third kappa shape index (κ3) is 7.88. The summed E-state index contributed by atoms with van der Waals surface area (Å²) in [4.78, 5) is 15.0. The number of hydrogen-bond acceptors (Lipinski definition) is 5. The largest absolute Gasteiger partial charge is 0.444 e. The van der Waals surface area contributed by atoms with E-state index in [0.29, 0.717) is 5.92 Å². The number of hydrogen-bond donors (Lipinski definition) is 1. The summed E-state index contributed by atoms with van der Waals surface area (Å²) in [5.41, 5.74) is -0.513. The Morgan fingerprint density at radius 2 is 1.79 bits per heavy atom. The average Bonchev–Trinajstić information content (AvgIpc) is 2.86. The van der Waals surface area contributed by atoms with Crippen LogP contribution in [0, 0.1) is 5.92 Å². The van der Waals surface area contributed by atoms with E-state index >= 15 is 0 Å². The highest BCUT2D eigenvalue weighted by Crippen LogP contribution is 2.40. The predicted octanol–water partition coefficient (Wildman–Crippen LogP) is 5.32. The molecule has 1 amide bonds. The van der Waals surface area contributed by atoms with Crippen LogP contribution in [-0.2, 0) is 9.16 Å². The molecule has 5 nitrogen and oxygen atoms in total. The smallest absolute Gasteiger partial charge is 0.407 e. The van der Waals surface area contributed by atoms with E-state index in [1.165, 1.54) is 0 Å². The third-order valence-corrected chi connectivity index (χ3v) is 11.4. The van der Waals surface area contributed by atoms with Gasteiger partial charge in [0.15, 0.2) is 8.32 Å². The van der Waals surface area contributed by atoms with Crippen molar-refractivity contribution in [1.29, 1.82) is 0 Å². The molecule has 0 radical (unpaired) electrons. The van der Waals surface area contributed by atoms with Gasteiger partial charge in [0.25, 0.3) is 0 Å². The number of nitrogens with zero attached hydrogens (tertiary/aromatic N) is 1. The second-order valence-corrected chi connectivity index (χ2v) is 16.9. The van der Waals surface area contributed by atoms with E-state index in [1.807, 2.05) is 32.5 Å². The van der Waals surface area contributed by atoms with E-state index < -0.39 is 13.9 Å². The molecule has 0 aromatic heterocycles. The van der Waals surface area contributed by atoms with Crippen LogP contribution in [0.2, 0.25) is 18.1 Å². The number of thioether (sulfide) groups is 1. The van der Waals surface area contributed by atoms with Gasteiger partial charge in [-0.2, -0.15) is 0 Å². The van der Waals surface area contributed by atoms with Gasteiger partial charge in [-0.25, -0.2) is 4.79 Å². The van der Waals surface area contributed by atoms with E-state index in [2.05, 4.69) is 65.0 Å². The molecule has 1 unspecified atom stereocenters. The fraction of sp³-hybridized carbons (Fsp3) is 0.952. The van der Waals surface area contributed by atoms with Crippen molar-refractivity contribution in [3.8, 4) is 0 Å². The molecule has 0 aliphatic carbocycles. The molecule has 7 heteroatoms. The Morgan fingerprint density at radius 3 is 2.18 bits per heavy atom. The van der Waals surface area contributed by atoms with Gasteiger partial charge in [0, 0.05) is 12.3 Å². The van der Waals surface area contributed by atoms with Crippen LogP contribution in [0.25, 0.3) is 0 Å². The lowest BCUT2D eigenvalue weighted by Gasteiger charge is -2.44. The Morgan fingerprint density at radius 1 is 1.21 bits per heavy atom. The summed E-state index contributed by atoms with van der Waals surface area (Å²) in [6.45, 7) is 22.5. The van der Waals surface area contributed by atoms with E-state index in [0.717, 1.165) is 18.7 Å². The SMILES string of the molecule is CC(C)C[C@H](NC(=O)OC(C)(C)C)[C@@H](O[Si](C)(C)C(C)(C)C)C1SCCN1C. The molecule has 166 valence electrons. The van der Waals surface area contributed by atoms with Crippen molar-refractivity contribution in [2.75, 3.05) is 19.3 Å². The molecule has 0 aromatic rings. The van der Waals surface area contributed by atoms with Crippen molar-refractivity contribution in [3.63, 3.8) is 0 Å². The standard InChI is InChI=1S/C21H44N2O3SSi/c1-15(2)14-16(22-19(24)25-20(3,4)5)17(18-23(9)12-13-27-18)26-28(10,11)21(6,7)8/h15-18H,12-14H2,1-11H3,(H,22,24)/t16-,17+,18?/m0/s1.